The van der Waals surface area contributed by atoms with Gasteiger partial charge in [0, 0.05) is 18.3 Å². The molecular weight excluding hydrogens is 335 g/mol. The SMILES string of the molecule is CCC(=CCn1cncc(I)c1=O)C(=O)OC. The van der Waals surface area contributed by atoms with Crippen LogP contribution < -0.4 is 5.56 Å². The van der Waals surface area contributed by atoms with Crippen LogP contribution in [-0.2, 0) is 16.1 Å². The number of methoxy groups -OCH3 is 1. The lowest BCUT2D eigenvalue weighted by molar-refractivity contribution is -0.136. The highest BCUT2D eigenvalue weighted by atomic mass is 127. The first-order chi connectivity index (χ1) is 8.10. The van der Waals surface area contributed by atoms with E-state index >= 15 is 0 Å². The molecule has 0 aromatic carbocycles. The van der Waals surface area contributed by atoms with Crippen molar-refractivity contribution < 1.29 is 9.53 Å². The van der Waals surface area contributed by atoms with Gasteiger partial charge in [0.15, 0.2) is 0 Å². The van der Waals surface area contributed by atoms with Gasteiger partial charge in [-0.1, -0.05) is 13.0 Å². The Labute approximate surface area is 113 Å². The zero-order valence-corrected chi connectivity index (χ0v) is 11.8. The Kier molecular flexibility index (Phi) is 5.33. The van der Waals surface area contributed by atoms with Crippen molar-refractivity contribution in [3.8, 4) is 0 Å². The predicted molar refractivity (Wildman–Crippen MR) is 71.6 cm³/mol. The molecule has 0 N–H and O–H groups in total. The summed E-state index contributed by atoms with van der Waals surface area (Å²) in [4.78, 5) is 26.9. The summed E-state index contributed by atoms with van der Waals surface area (Å²) in [5.41, 5.74) is 0.440. The highest BCUT2D eigenvalue weighted by molar-refractivity contribution is 14.1. The van der Waals surface area contributed by atoms with Crippen molar-refractivity contribution in [2.75, 3.05) is 7.11 Å². The third-order valence-corrected chi connectivity index (χ3v) is 2.96. The van der Waals surface area contributed by atoms with Crippen LogP contribution in [0.4, 0.5) is 0 Å². The average Bonchev–Trinajstić information content (AvgIpc) is 2.34. The van der Waals surface area contributed by atoms with Gasteiger partial charge in [-0.05, 0) is 29.0 Å². The molecule has 0 fully saturated rings. The lowest BCUT2D eigenvalue weighted by Crippen LogP contribution is -2.22. The number of carbonyl (C=O) groups is 1. The van der Waals surface area contributed by atoms with E-state index in [9.17, 15) is 9.59 Å². The van der Waals surface area contributed by atoms with Gasteiger partial charge in [-0.25, -0.2) is 9.78 Å². The first kappa shape index (κ1) is 13.9. The van der Waals surface area contributed by atoms with Gasteiger partial charge in [-0.2, -0.15) is 0 Å². The van der Waals surface area contributed by atoms with E-state index in [4.69, 9.17) is 0 Å². The van der Waals surface area contributed by atoms with Crippen LogP contribution >= 0.6 is 22.6 Å². The zero-order valence-electron chi connectivity index (χ0n) is 9.64. The number of aromatic nitrogens is 2. The molecule has 0 radical (unpaired) electrons. The molecule has 0 atom stereocenters. The summed E-state index contributed by atoms with van der Waals surface area (Å²) in [6.07, 6.45) is 5.21. The van der Waals surface area contributed by atoms with Gasteiger partial charge in [-0.3, -0.25) is 9.36 Å². The molecule has 1 rings (SSSR count). The van der Waals surface area contributed by atoms with Gasteiger partial charge in [0.1, 0.15) is 0 Å². The number of halogens is 1. The number of hydrogen-bond donors (Lipinski definition) is 0. The maximum absolute atomic E-state index is 11.7. The second kappa shape index (κ2) is 6.53. The molecule has 92 valence electrons. The Hall–Kier alpha value is -1.18. The molecule has 0 saturated carbocycles. The number of allylic oxidation sites excluding steroid dienone is 1. The molecule has 6 heteroatoms. The first-order valence-electron chi connectivity index (χ1n) is 5.07. The molecule has 0 aliphatic heterocycles. The predicted octanol–water partition coefficient (Wildman–Crippen LogP) is 1.36. The maximum atomic E-state index is 11.7. The van der Waals surface area contributed by atoms with Crippen LogP contribution in [0.5, 0.6) is 0 Å². The molecule has 1 aromatic rings. The highest BCUT2D eigenvalue weighted by Crippen LogP contribution is 2.03. The smallest absolute Gasteiger partial charge is 0.333 e. The number of rotatable bonds is 4. The van der Waals surface area contributed by atoms with E-state index in [1.807, 2.05) is 29.5 Å². The van der Waals surface area contributed by atoms with E-state index in [2.05, 4.69) is 9.72 Å². The van der Waals surface area contributed by atoms with Gasteiger partial charge in [0.05, 0.1) is 17.0 Å². The number of ether oxygens (including phenoxy) is 1. The normalized spacial score (nSPS) is 11.4. The van der Waals surface area contributed by atoms with Gasteiger partial charge in [-0.15, -0.1) is 0 Å². The molecule has 0 amide bonds. The zero-order chi connectivity index (χ0) is 12.8. The second-order valence-corrected chi connectivity index (χ2v) is 4.44. The van der Waals surface area contributed by atoms with Crippen LogP contribution in [0.15, 0.2) is 29.0 Å². The topological polar surface area (TPSA) is 61.2 Å². The van der Waals surface area contributed by atoms with Crippen LogP contribution in [0.1, 0.15) is 13.3 Å². The first-order valence-corrected chi connectivity index (χ1v) is 6.15. The minimum absolute atomic E-state index is 0.114. The monoisotopic (exact) mass is 348 g/mol. The van der Waals surface area contributed by atoms with Gasteiger partial charge in [0.25, 0.3) is 5.56 Å². The number of nitrogens with zero attached hydrogens (tertiary/aromatic N) is 2. The van der Waals surface area contributed by atoms with Crippen LogP contribution in [0.25, 0.3) is 0 Å². The molecular formula is C11H13IN2O3. The molecule has 17 heavy (non-hydrogen) atoms. The van der Waals surface area contributed by atoms with Crippen LogP contribution in [0.3, 0.4) is 0 Å². The van der Waals surface area contributed by atoms with Crippen molar-refractivity contribution in [1.82, 2.24) is 9.55 Å². The van der Waals surface area contributed by atoms with Crippen molar-refractivity contribution >= 4 is 28.6 Å². The molecule has 1 heterocycles. The molecule has 0 saturated heterocycles. The standard InChI is InChI=1S/C11H13IN2O3/c1-3-8(11(16)17-2)4-5-14-7-13-6-9(12)10(14)15/h4,6-7H,3,5H2,1-2H3. The Morgan fingerprint density at radius 2 is 2.35 bits per heavy atom. The van der Waals surface area contributed by atoms with Crippen molar-refractivity contribution in [3.63, 3.8) is 0 Å². The number of esters is 1. The quantitative estimate of drug-likeness (QED) is 0.468. The Morgan fingerprint density at radius 1 is 1.65 bits per heavy atom. The summed E-state index contributed by atoms with van der Waals surface area (Å²) in [5.74, 6) is -0.362. The van der Waals surface area contributed by atoms with E-state index in [0.717, 1.165) is 0 Å². The largest absolute Gasteiger partial charge is 0.466 e. The summed E-state index contributed by atoms with van der Waals surface area (Å²) in [7, 11) is 1.34. The fraction of sp³-hybridized carbons (Fsp3) is 0.364. The summed E-state index contributed by atoms with van der Waals surface area (Å²) >= 11 is 1.93. The molecule has 0 aliphatic carbocycles. The van der Waals surface area contributed by atoms with E-state index in [1.165, 1.54) is 24.2 Å². The number of hydrogen-bond acceptors (Lipinski definition) is 4. The van der Waals surface area contributed by atoms with Crippen molar-refractivity contribution in [1.29, 1.82) is 0 Å². The molecule has 0 bridgehead atoms. The Morgan fingerprint density at radius 3 is 2.94 bits per heavy atom. The van der Waals surface area contributed by atoms with Gasteiger partial charge >= 0.3 is 5.97 Å². The van der Waals surface area contributed by atoms with Crippen LogP contribution in [0, 0.1) is 3.57 Å². The van der Waals surface area contributed by atoms with Crippen molar-refractivity contribution in [2.45, 2.75) is 19.9 Å². The minimum Gasteiger partial charge on any atom is -0.466 e. The summed E-state index contributed by atoms with van der Waals surface area (Å²) in [6.45, 7) is 2.18. The lowest BCUT2D eigenvalue weighted by atomic mass is 10.2. The van der Waals surface area contributed by atoms with E-state index in [0.29, 0.717) is 22.1 Å². The minimum atomic E-state index is -0.362. The van der Waals surface area contributed by atoms with Crippen molar-refractivity contribution in [2.24, 2.45) is 0 Å². The maximum Gasteiger partial charge on any atom is 0.333 e. The second-order valence-electron chi connectivity index (χ2n) is 3.27. The Bertz CT molecular complexity index is 494. The van der Waals surface area contributed by atoms with Gasteiger partial charge < -0.3 is 4.74 Å². The Balaban J connectivity index is 2.92. The van der Waals surface area contributed by atoms with Crippen LogP contribution in [-0.4, -0.2) is 22.6 Å². The highest BCUT2D eigenvalue weighted by Gasteiger charge is 2.06. The molecule has 1 aromatic heterocycles. The third-order valence-electron chi connectivity index (χ3n) is 2.22. The summed E-state index contributed by atoms with van der Waals surface area (Å²) < 4.78 is 6.63. The third kappa shape index (κ3) is 3.65. The average molecular weight is 348 g/mol. The van der Waals surface area contributed by atoms with Crippen molar-refractivity contribution in [3.05, 3.63) is 38.1 Å². The summed E-state index contributed by atoms with van der Waals surface area (Å²) in [5, 5.41) is 0. The van der Waals surface area contributed by atoms with E-state index in [-0.39, 0.29) is 11.5 Å². The number of carbonyl (C=O) groups excluding carboxylic acids is 1. The van der Waals surface area contributed by atoms with Crippen LogP contribution in [0.2, 0.25) is 0 Å². The fourth-order valence-corrected chi connectivity index (χ4v) is 1.74. The lowest BCUT2D eigenvalue weighted by Gasteiger charge is -2.04. The fourth-order valence-electron chi connectivity index (χ4n) is 1.27. The summed E-state index contributed by atoms with van der Waals surface area (Å²) in [6, 6.07) is 0. The molecule has 0 aliphatic rings. The van der Waals surface area contributed by atoms with E-state index < -0.39 is 0 Å². The molecule has 0 unspecified atom stereocenters. The molecule has 5 nitrogen and oxygen atoms in total. The molecule has 0 spiro atoms. The van der Waals surface area contributed by atoms with Gasteiger partial charge in [0.2, 0.25) is 0 Å². The van der Waals surface area contributed by atoms with E-state index in [1.54, 1.807) is 6.08 Å².